The van der Waals surface area contributed by atoms with Crippen LogP contribution in [0.25, 0.3) is 0 Å². The number of hydrogen-bond donors (Lipinski definition) is 1. The fourth-order valence-electron chi connectivity index (χ4n) is 1.92. The Balaban J connectivity index is 2.28. The maximum atomic E-state index is 5.94. The highest BCUT2D eigenvalue weighted by Gasteiger charge is 2.02. The van der Waals surface area contributed by atoms with Crippen molar-refractivity contribution in [3.8, 4) is 0 Å². The van der Waals surface area contributed by atoms with Crippen LogP contribution >= 0.6 is 0 Å². The normalized spacial score (nSPS) is 12.9. The van der Waals surface area contributed by atoms with E-state index >= 15 is 0 Å². The highest BCUT2D eigenvalue weighted by Crippen LogP contribution is 2.08. The molecule has 0 aliphatic heterocycles. The van der Waals surface area contributed by atoms with Gasteiger partial charge in [0, 0.05) is 25.0 Å². The Morgan fingerprint density at radius 1 is 1.25 bits per heavy atom. The van der Waals surface area contributed by atoms with Crippen molar-refractivity contribution in [1.82, 2.24) is 4.57 Å². The molecule has 0 saturated heterocycles. The van der Waals surface area contributed by atoms with Crippen LogP contribution in [0.2, 0.25) is 0 Å². The topological polar surface area (TPSA) is 30.9 Å². The zero-order valence-electron chi connectivity index (χ0n) is 10.8. The zero-order valence-corrected chi connectivity index (χ0v) is 10.8. The lowest BCUT2D eigenvalue weighted by Gasteiger charge is -2.06. The highest BCUT2D eigenvalue weighted by molar-refractivity contribution is 5.11. The van der Waals surface area contributed by atoms with Crippen LogP contribution in [0.5, 0.6) is 0 Å². The van der Waals surface area contributed by atoms with Crippen LogP contribution in [0, 0.1) is 0 Å². The van der Waals surface area contributed by atoms with E-state index in [1.807, 2.05) is 0 Å². The molecule has 16 heavy (non-hydrogen) atoms. The molecule has 0 aliphatic carbocycles. The third-order valence-corrected chi connectivity index (χ3v) is 3.10. The van der Waals surface area contributed by atoms with E-state index in [-0.39, 0.29) is 0 Å². The van der Waals surface area contributed by atoms with Gasteiger partial charge >= 0.3 is 0 Å². The summed E-state index contributed by atoms with van der Waals surface area (Å²) >= 11 is 0. The van der Waals surface area contributed by atoms with E-state index in [0.717, 1.165) is 19.4 Å². The average molecular weight is 222 g/mol. The second kappa shape index (κ2) is 7.50. The van der Waals surface area contributed by atoms with Crippen LogP contribution in [-0.4, -0.2) is 10.6 Å². The Hall–Kier alpha value is -0.760. The van der Waals surface area contributed by atoms with Crippen molar-refractivity contribution in [1.29, 1.82) is 0 Å². The molecule has 2 nitrogen and oxygen atoms in total. The van der Waals surface area contributed by atoms with Gasteiger partial charge in [0.1, 0.15) is 0 Å². The molecule has 0 amide bonds. The predicted molar refractivity (Wildman–Crippen MR) is 70.5 cm³/mol. The molecule has 0 aromatic carbocycles. The van der Waals surface area contributed by atoms with Gasteiger partial charge in [-0.15, -0.1) is 0 Å². The highest BCUT2D eigenvalue weighted by atomic mass is 14.9. The summed E-state index contributed by atoms with van der Waals surface area (Å²) in [6.07, 6.45) is 11.8. The van der Waals surface area contributed by atoms with Gasteiger partial charge in [0.15, 0.2) is 0 Å². The van der Waals surface area contributed by atoms with E-state index in [9.17, 15) is 0 Å². The summed E-state index contributed by atoms with van der Waals surface area (Å²) in [6, 6.07) is 2.52. The quantitative estimate of drug-likeness (QED) is 0.672. The number of nitrogens with zero attached hydrogens (tertiary/aromatic N) is 1. The number of nitrogens with two attached hydrogens (primary N) is 1. The third kappa shape index (κ3) is 4.84. The third-order valence-electron chi connectivity index (χ3n) is 3.10. The Bertz CT molecular complexity index is 278. The van der Waals surface area contributed by atoms with Gasteiger partial charge < -0.3 is 10.3 Å². The molecule has 92 valence electrons. The summed E-state index contributed by atoms with van der Waals surface area (Å²) in [5.74, 6) is 0. The van der Waals surface area contributed by atoms with Crippen molar-refractivity contribution in [2.45, 2.75) is 65.0 Å². The van der Waals surface area contributed by atoms with Crippen molar-refractivity contribution in [3.63, 3.8) is 0 Å². The van der Waals surface area contributed by atoms with Crippen LogP contribution in [-0.2, 0) is 13.0 Å². The van der Waals surface area contributed by atoms with Gasteiger partial charge in [-0.1, -0.05) is 33.1 Å². The van der Waals surface area contributed by atoms with Crippen LogP contribution in [0.4, 0.5) is 0 Å². The Labute approximate surface area is 99.8 Å². The van der Waals surface area contributed by atoms with E-state index in [1.165, 1.54) is 31.2 Å². The molecule has 1 aromatic heterocycles. The molecule has 0 bridgehead atoms. The molecule has 0 radical (unpaired) electrons. The lowest BCUT2D eigenvalue weighted by molar-refractivity contribution is 0.582. The van der Waals surface area contributed by atoms with Gasteiger partial charge in [0.05, 0.1) is 0 Å². The number of rotatable bonds is 8. The molecule has 1 aromatic rings. The number of hydrogen-bond acceptors (Lipinski definition) is 1. The molecular formula is C14H26N2. The lowest BCUT2D eigenvalue weighted by Crippen LogP contribution is -2.21. The molecule has 0 spiro atoms. The van der Waals surface area contributed by atoms with Crippen LogP contribution in [0.1, 0.15) is 51.5 Å². The monoisotopic (exact) mass is 222 g/mol. The molecule has 1 rings (SSSR count). The van der Waals surface area contributed by atoms with Crippen LogP contribution in [0.3, 0.4) is 0 Å². The number of aryl methyl sites for hydroxylation is 1. The molecule has 0 aliphatic rings. The molecule has 0 fully saturated rings. The van der Waals surface area contributed by atoms with Crippen molar-refractivity contribution < 1.29 is 0 Å². The lowest BCUT2D eigenvalue weighted by atomic mass is 10.1. The molecule has 1 atom stereocenters. The summed E-state index contributed by atoms with van der Waals surface area (Å²) in [4.78, 5) is 0. The minimum atomic E-state index is 0.316. The number of aromatic nitrogens is 1. The first-order chi connectivity index (χ1) is 7.76. The predicted octanol–water partition coefficient (Wildman–Crippen LogP) is 3.35. The average Bonchev–Trinajstić information content (AvgIpc) is 2.72. The molecule has 2 N–H and O–H groups in total. The van der Waals surface area contributed by atoms with Gasteiger partial charge in [0.25, 0.3) is 0 Å². The summed E-state index contributed by atoms with van der Waals surface area (Å²) in [5, 5.41) is 0. The Morgan fingerprint density at radius 3 is 2.75 bits per heavy atom. The molecular weight excluding hydrogens is 196 g/mol. The Kier molecular flexibility index (Phi) is 6.24. The maximum absolute atomic E-state index is 5.94. The first-order valence-electron chi connectivity index (χ1n) is 6.66. The first kappa shape index (κ1) is 13.3. The van der Waals surface area contributed by atoms with E-state index < -0.39 is 0 Å². The van der Waals surface area contributed by atoms with E-state index in [4.69, 9.17) is 5.73 Å². The van der Waals surface area contributed by atoms with E-state index in [2.05, 4.69) is 36.9 Å². The first-order valence-corrected chi connectivity index (χ1v) is 6.66. The summed E-state index contributed by atoms with van der Waals surface area (Å²) in [5.41, 5.74) is 7.32. The Morgan fingerprint density at radius 2 is 2.06 bits per heavy atom. The zero-order chi connectivity index (χ0) is 11.8. The SMILES string of the molecule is CCCCCCn1ccc(CC(N)CC)c1. The number of unbranched alkanes of at least 4 members (excludes halogenated alkanes) is 3. The van der Waals surface area contributed by atoms with Gasteiger partial charge in [-0.3, -0.25) is 0 Å². The van der Waals surface area contributed by atoms with Crippen LogP contribution < -0.4 is 5.73 Å². The van der Waals surface area contributed by atoms with Crippen molar-refractivity contribution in [2.75, 3.05) is 0 Å². The summed E-state index contributed by atoms with van der Waals surface area (Å²) in [6.45, 7) is 5.55. The van der Waals surface area contributed by atoms with Crippen molar-refractivity contribution in [3.05, 3.63) is 24.0 Å². The molecule has 1 heterocycles. The van der Waals surface area contributed by atoms with Gasteiger partial charge in [-0.25, -0.2) is 0 Å². The summed E-state index contributed by atoms with van der Waals surface area (Å²) in [7, 11) is 0. The van der Waals surface area contributed by atoms with Gasteiger partial charge in [0.2, 0.25) is 0 Å². The van der Waals surface area contributed by atoms with E-state index in [1.54, 1.807) is 0 Å². The molecule has 2 heteroatoms. The van der Waals surface area contributed by atoms with Crippen molar-refractivity contribution in [2.24, 2.45) is 5.73 Å². The summed E-state index contributed by atoms with van der Waals surface area (Å²) < 4.78 is 2.30. The largest absolute Gasteiger partial charge is 0.354 e. The smallest absolute Gasteiger partial charge is 0.0219 e. The van der Waals surface area contributed by atoms with Gasteiger partial charge in [-0.2, -0.15) is 0 Å². The maximum Gasteiger partial charge on any atom is 0.0219 e. The second-order valence-corrected chi connectivity index (χ2v) is 4.69. The minimum Gasteiger partial charge on any atom is -0.354 e. The standard InChI is InChI=1S/C14H26N2/c1-3-5-6-7-9-16-10-8-13(12-16)11-14(15)4-2/h8,10,12,14H,3-7,9,11,15H2,1-2H3. The van der Waals surface area contributed by atoms with Crippen LogP contribution in [0.15, 0.2) is 18.5 Å². The minimum absolute atomic E-state index is 0.316. The second-order valence-electron chi connectivity index (χ2n) is 4.69. The molecule has 1 unspecified atom stereocenters. The molecule has 0 saturated carbocycles. The van der Waals surface area contributed by atoms with Gasteiger partial charge in [-0.05, 0) is 30.9 Å². The fraction of sp³-hybridized carbons (Fsp3) is 0.714. The van der Waals surface area contributed by atoms with E-state index in [0.29, 0.717) is 6.04 Å². The van der Waals surface area contributed by atoms with Crippen molar-refractivity contribution >= 4 is 0 Å². The fourth-order valence-corrected chi connectivity index (χ4v) is 1.92.